The topological polar surface area (TPSA) is 84.3 Å². The molecule has 2 N–H and O–H groups in total. The number of aliphatic hydroxyl groups excluding tert-OH is 1. The highest BCUT2D eigenvalue weighted by Crippen LogP contribution is 2.31. The lowest BCUT2D eigenvalue weighted by Crippen LogP contribution is -2.11. The standard InChI is InChI=1S/C25H31N3O3S/c1-6-31-15-20-13-19(11-12-21(20)22-9-7-8-10-23(22)32(5)30)14-26-25-24(17(3)29)16(2)27-18(4)28-25/h7-13,17,29H,6,14-15H2,1-5H3,(H,26,27,28)/t17?,32-/m1/s1. The predicted octanol–water partition coefficient (Wildman–Crippen LogP) is 4.70. The Morgan fingerprint density at radius 1 is 1.12 bits per heavy atom. The Hall–Kier alpha value is -2.61. The number of hydrogen-bond donors (Lipinski definition) is 2. The molecule has 6 nitrogen and oxygen atoms in total. The lowest BCUT2D eigenvalue weighted by Gasteiger charge is -2.17. The molecule has 2 atom stereocenters. The second kappa shape index (κ2) is 10.8. The fourth-order valence-corrected chi connectivity index (χ4v) is 4.59. The number of ether oxygens (including phenoxy) is 1. The van der Waals surface area contributed by atoms with E-state index >= 15 is 0 Å². The molecule has 170 valence electrons. The number of anilines is 1. The molecular formula is C25H31N3O3S. The molecule has 1 heterocycles. The lowest BCUT2D eigenvalue weighted by atomic mass is 9.97. The van der Waals surface area contributed by atoms with Crippen LogP contribution in [0.25, 0.3) is 11.1 Å². The highest BCUT2D eigenvalue weighted by Gasteiger charge is 2.16. The zero-order valence-corrected chi connectivity index (χ0v) is 20.1. The van der Waals surface area contributed by atoms with E-state index in [9.17, 15) is 9.32 Å². The smallest absolute Gasteiger partial charge is 0.136 e. The Balaban J connectivity index is 1.95. The van der Waals surface area contributed by atoms with E-state index in [-0.39, 0.29) is 0 Å². The first kappa shape index (κ1) is 24.0. The number of benzene rings is 2. The van der Waals surface area contributed by atoms with Crippen molar-refractivity contribution in [3.05, 3.63) is 70.7 Å². The van der Waals surface area contributed by atoms with Crippen LogP contribution in [0.1, 0.15) is 48.2 Å². The molecule has 1 aromatic heterocycles. The first-order valence-electron chi connectivity index (χ1n) is 10.7. The van der Waals surface area contributed by atoms with E-state index in [0.29, 0.717) is 37.0 Å². The minimum Gasteiger partial charge on any atom is -0.388 e. The van der Waals surface area contributed by atoms with Crippen LogP contribution in [0.2, 0.25) is 0 Å². The minimum atomic E-state index is -1.09. The normalized spacial score (nSPS) is 13.1. The van der Waals surface area contributed by atoms with Gasteiger partial charge in [-0.3, -0.25) is 4.21 Å². The van der Waals surface area contributed by atoms with Crippen LogP contribution in [0.5, 0.6) is 0 Å². The average molecular weight is 454 g/mol. The molecule has 0 amide bonds. The van der Waals surface area contributed by atoms with Crippen molar-refractivity contribution >= 4 is 16.6 Å². The summed E-state index contributed by atoms with van der Waals surface area (Å²) in [4.78, 5) is 9.68. The molecule has 0 fully saturated rings. The summed E-state index contributed by atoms with van der Waals surface area (Å²) in [5, 5.41) is 13.6. The van der Waals surface area contributed by atoms with Gasteiger partial charge in [0.1, 0.15) is 11.6 Å². The second-order valence-electron chi connectivity index (χ2n) is 7.73. The Morgan fingerprint density at radius 3 is 2.56 bits per heavy atom. The maximum atomic E-state index is 12.3. The van der Waals surface area contributed by atoms with Crippen LogP contribution in [-0.2, 0) is 28.7 Å². The van der Waals surface area contributed by atoms with Gasteiger partial charge in [-0.2, -0.15) is 0 Å². The monoisotopic (exact) mass is 453 g/mol. The van der Waals surface area contributed by atoms with Gasteiger partial charge in [0.25, 0.3) is 0 Å². The van der Waals surface area contributed by atoms with Gasteiger partial charge in [-0.15, -0.1) is 0 Å². The third-order valence-corrected chi connectivity index (χ3v) is 6.22. The maximum Gasteiger partial charge on any atom is 0.136 e. The molecule has 3 rings (SSSR count). The third-order valence-electron chi connectivity index (χ3n) is 5.24. The molecule has 0 radical (unpaired) electrons. The summed E-state index contributed by atoms with van der Waals surface area (Å²) in [6.07, 6.45) is 1.03. The van der Waals surface area contributed by atoms with Crippen molar-refractivity contribution in [2.24, 2.45) is 0 Å². The molecule has 3 aromatic rings. The Labute approximate surface area is 192 Å². The largest absolute Gasteiger partial charge is 0.388 e. The Morgan fingerprint density at radius 2 is 1.88 bits per heavy atom. The van der Waals surface area contributed by atoms with Crippen LogP contribution in [-0.4, -0.2) is 32.1 Å². The SMILES string of the molecule is CCOCc1cc(CNc2nc(C)nc(C)c2C(C)O)ccc1-c1ccccc1[S@@](C)=O. The summed E-state index contributed by atoms with van der Waals surface area (Å²) in [6, 6.07) is 14.0. The van der Waals surface area contributed by atoms with Crippen LogP contribution in [0.4, 0.5) is 5.82 Å². The minimum absolute atomic E-state index is 0.467. The number of rotatable bonds is 9. The summed E-state index contributed by atoms with van der Waals surface area (Å²) in [5.74, 6) is 1.30. The van der Waals surface area contributed by atoms with E-state index in [4.69, 9.17) is 4.74 Å². The van der Waals surface area contributed by atoms with Crippen molar-refractivity contribution in [3.8, 4) is 11.1 Å². The van der Waals surface area contributed by atoms with Crippen molar-refractivity contribution in [3.63, 3.8) is 0 Å². The Bertz CT molecular complexity index is 1120. The van der Waals surface area contributed by atoms with Gasteiger partial charge in [0.15, 0.2) is 0 Å². The number of aliphatic hydroxyl groups is 1. The van der Waals surface area contributed by atoms with Gasteiger partial charge in [0.05, 0.1) is 23.5 Å². The Kier molecular flexibility index (Phi) is 8.12. The third kappa shape index (κ3) is 5.59. The molecule has 0 aliphatic carbocycles. The van der Waals surface area contributed by atoms with Crippen molar-refractivity contribution in [1.82, 2.24) is 9.97 Å². The zero-order valence-electron chi connectivity index (χ0n) is 19.3. The van der Waals surface area contributed by atoms with Gasteiger partial charge in [0.2, 0.25) is 0 Å². The van der Waals surface area contributed by atoms with Crippen LogP contribution >= 0.6 is 0 Å². The molecule has 0 spiro atoms. The van der Waals surface area contributed by atoms with Crippen molar-refractivity contribution in [2.45, 2.75) is 51.8 Å². The van der Waals surface area contributed by atoms with Crippen molar-refractivity contribution in [2.75, 3.05) is 18.2 Å². The highest BCUT2D eigenvalue weighted by atomic mass is 32.2. The molecule has 1 unspecified atom stereocenters. The predicted molar refractivity (Wildman–Crippen MR) is 129 cm³/mol. The van der Waals surface area contributed by atoms with E-state index in [2.05, 4.69) is 33.5 Å². The number of aryl methyl sites for hydroxylation is 2. The highest BCUT2D eigenvalue weighted by molar-refractivity contribution is 7.84. The molecule has 0 aliphatic heterocycles. The molecule has 7 heteroatoms. The van der Waals surface area contributed by atoms with Gasteiger partial charge in [-0.25, -0.2) is 9.97 Å². The first-order valence-corrected chi connectivity index (χ1v) is 12.3. The van der Waals surface area contributed by atoms with Gasteiger partial charge < -0.3 is 15.2 Å². The summed E-state index contributed by atoms with van der Waals surface area (Å²) >= 11 is 0. The fraction of sp³-hybridized carbons (Fsp3) is 0.360. The molecule has 0 saturated carbocycles. The van der Waals surface area contributed by atoms with Crippen LogP contribution in [0.3, 0.4) is 0 Å². The van der Waals surface area contributed by atoms with Gasteiger partial charge >= 0.3 is 0 Å². The molecule has 0 bridgehead atoms. The lowest BCUT2D eigenvalue weighted by molar-refractivity contribution is 0.134. The summed E-state index contributed by atoms with van der Waals surface area (Å²) in [5.41, 5.74) is 5.55. The quantitative estimate of drug-likeness (QED) is 0.489. The summed E-state index contributed by atoms with van der Waals surface area (Å²) < 4.78 is 18.0. The van der Waals surface area contributed by atoms with Gasteiger partial charge in [-0.1, -0.05) is 36.4 Å². The van der Waals surface area contributed by atoms with Crippen LogP contribution in [0, 0.1) is 13.8 Å². The van der Waals surface area contributed by atoms with Crippen molar-refractivity contribution in [1.29, 1.82) is 0 Å². The zero-order chi connectivity index (χ0) is 23.3. The molecule has 32 heavy (non-hydrogen) atoms. The first-order chi connectivity index (χ1) is 15.3. The maximum absolute atomic E-state index is 12.3. The van der Waals surface area contributed by atoms with Crippen LogP contribution in [0.15, 0.2) is 47.4 Å². The molecule has 0 saturated heterocycles. The van der Waals surface area contributed by atoms with E-state index in [0.717, 1.165) is 32.8 Å². The summed E-state index contributed by atoms with van der Waals surface area (Å²) in [7, 11) is -1.09. The van der Waals surface area contributed by atoms with E-state index in [1.807, 2.05) is 45.0 Å². The van der Waals surface area contributed by atoms with Crippen LogP contribution < -0.4 is 5.32 Å². The fourth-order valence-electron chi connectivity index (χ4n) is 3.83. The van der Waals surface area contributed by atoms with Gasteiger partial charge in [-0.05, 0) is 56.0 Å². The van der Waals surface area contributed by atoms with Crippen molar-refractivity contribution < 1.29 is 14.1 Å². The number of nitrogens with one attached hydrogen (secondary N) is 1. The molecule has 2 aromatic carbocycles. The average Bonchev–Trinajstić information content (AvgIpc) is 2.75. The van der Waals surface area contributed by atoms with E-state index in [1.54, 1.807) is 13.2 Å². The summed E-state index contributed by atoms with van der Waals surface area (Å²) in [6.45, 7) is 9.03. The molecule has 0 aliphatic rings. The molecular weight excluding hydrogens is 422 g/mol. The number of nitrogens with zero attached hydrogens (tertiary/aromatic N) is 2. The van der Waals surface area contributed by atoms with Gasteiger partial charge in [0, 0.05) is 35.6 Å². The van der Waals surface area contributed by atoms with E-state index < -0.39 is 16.9 Å². The number of aromatic nitrogens is 2. The number of hydrogen-bond acceptors (Lipinski definition) is 6. The van der Waals surface area contributed by atoms with E-state index in [1.165, 1.54) is 0 Å². The second-order valence-corrected chi connectivity index (χ2v) is 9.08.